The third-order valence-electron chi connectivity index (χ3n) is 3.68. The number of hydrogen-bond donors (Lipinski definition) is 2. The number of amides is 1. The van der Waals surface area contributed by atoms with Crippen molar-refractivity contribution in [3.05, 3.63) is 0 Å². The number of rotatable bonds is 2. The summed E-state index contributed by atoms with van der Waals surface area (Å²) in [5, 5.41) is 12.3. The number of carbonyl (C=O) groups excluding carboxylic acids is 1. The van der Waals surface area contributed by atoms with E-state index >= 15 is 0 Å². The van der Waals surface area contributed by atoms with E-state index < -0.39 is 17.2 Å². The standard InChI is InChI=1S/C13H23NO4/c1-11(2,3)18-10(16)14-13(8-15)6-12(7-13)4-5-17-9-12/h15H,4-9H2,1-3H3,(H,14,16). The zero-order chi connectivity index (χ0) is 13.4. The normalized spacial score (nSPS) is 35.3. The molecular weight excluding hydrogens is 234 g/mol. The Balaban J connectivity index is 1.89. The topological polar surface area (TPSA) is 67.8 Å². The Labute approximate surface area is 108 Å². The molecule has 1 amide bonds. The first-order valence-corrected chi connectivity index (χ1v) is 6.48. The van der Waals surface area contributed by atoms with E-state index in [1.165, 1.54) is 0 Å². The lowest BCUT2D eigenvalue weighted by Crippen LogP contribution is -2.64. The van der Waals surface area contributed by atoms with E-state index in [1.54, 1.807) is 0 Å². The van der Waals surface area contributed by atoms with Crippen LogP contribution in [0.3, 0.4) is 0 Å². The highest BCUT2D eigenvalue weighted by molar-refractivity contribution is 5.69. The summed E-state index contributed by atoms with van der Waals surface area (Å²) in [4.78, 5) is 11.8. The smallest absolute Gasteiger partial charge is 0.408 e. The Morgan fingerprint density at radius 2 is 2.11 bits per heavy atom. The van der Waals surface area contributed by atoms with Crippen molar-refractivity contribution in [3.63, 3.8) is 0 Å². The number of hydrogen-bond acceptors (Lipinski definition) is 4. The highest BCUT2D eigenvalue weighted by Gasteiger charge is 2.56. The summed E-state index contributed by atoms with van der Waals surface area (Å²) in [6.07, 6.45) is 2.11. The summed E-state index contributed by atoms with van der Waals surface area (Å²) >= 11 is 0. The molecule has 5 nitrogen and oxygen atoms in total. The average Bonchev–Trinajstić information content (AvgIpc) is 2.62. The molecule has 2 fully saturated rings. The summed E-state index contributed by atoms with van der Waals surface area (Å²) in [5.74, 6) is 0. The lowest BCUT2D eigenvalue weighted by molar-refractivity contribution is -0.0438. The molecule has 1 spiro atoms. The molecule has 1 saturated carbocycles. The number of nitrogens with one attached hydrogen (secondary N) is 1. The van der Waals surface area contributed by atoms with Gasteiger partial charge in [0.05, 0.1) is 18.8 Å². The number of aliphatic hydroxyl groups excluding tert-OH is 1. The van der Waals surface area contributed by atoms with Crippen LogP contribution >= 0.6 is 0 Å². The highest BCUT2D eigenvalue weighted by Crippen LogP contribution is 2.53. The van der Waals surface area contributed by atoms with E-state index in [2.05, 4.69) is 5.32 Å². The van der Waals surface area contributed by atoms with Gasteiger partial charge in [-0.3, -0.25) is 0 Å². The molecule has 0 aromatic heterocycles. The maximum absolute atomic E-state index is 11.8. The zero-order valence-corrected chi connectivity index (χ0v) is 11.4. The second kappa shape index (κ2) is 4.38. The predicted molar refractivity (Wildman–Crippen MR) is 66.3 cm³/mol. The van der Waals surface area contributed by atoms with Gasteiger partial charge in [0.15, 0.2) is 0 Å². The van der Waals surface area contributed by atoms with Crippen molar-refractivity contribution in [2.24, 2.45) is 5.41 Å². The number of alkyl carbamates (subject to hydrolysis) is 1. The molecule has 104 valence electrons. The molecule has 0 unspecified atom stereocenters. The largest absolute Gasteiger partial charge is 0.444 e. The SMILES string of the molecule is CC(C)(C)OC(=O)NC1(CO)CC2(CCOC2)C1. The monoisotopic (exact) mass is 257 g/mol. The van der Waals surface area contributed by atoms with Crippen molar-refractivity contribution in [1.29, 1.82) is 0 Å². The van der Waals surface area contributed by atoms with Crippen molar-refractivity contribution in [1.82, 2.24) is 5.32 Å². The Hall–Kier alpha value is -0.810. The lowest BCUT2D eigenvalue weighted by atomic mass is 9.57. The van der Waals surface area contributed by atoms with Gasteiger partial charge in [0, 0.05) is 12.0 Å². The van der Waals surface area contributed by atoms with Gasteiger partial charge >= 0.3 is 6.09 Å². The van der Waals surface area contributed by atoms with Crippen molar-refractivity contribution in [2.75, 3.05) is 19.8 Å². The van der Waals surface area contributed by atoms with Crippen LogP contribution in [-0.4, -0.2) is 42.2 Å². The first kappa shape index (κ1) is 13.6. The summed E-state index contributed by atoms with van der Waals surface area (Å²) in [6.45, 7) is 6.95. The summed E-state index contributed by atoms with van der Waals surface area (Å²) < 4.78 is 10.6. The van der Waals surface area contributed by atoms with Crippen LogP contribution in [0.25, 0.3) is 0 Å². The fraction of sp³-hybridized carbons (Fsp3) is 0.923. The Morgan fingerprint density at radius 3 is 2.56 bits per heavy atom. The van der Waals surface area contributed by atoms with Crippen LogP contribution in [0.1, 0.15) is 40.0 Å². The van der Waals surface area contributed by atoms with Gasteiger partial charge in [-0.15, -0.1) is 0 Å². The van der Waals surface area contributed by atoms with Crippen LogP contribution in [0.4, 0.5) is 4.79 Å². The molecule has 1 saturated heterocycles. The highest BCUT2D eigenvalue weighted by atomic mass is 16.6. The molecule has 5 heteroatoms. The predicted octanol–water partition coefficient (Wildman–Crippen LogP) is 1.44. The van der Waals surface area contributed by atoms with E-state index in [4.69, 9.17) is 9.47 Å². The first-order chi connectivity index (χ1) is 8.28. The van der Waals surface area contributed by atoms with Crippen molar-refractivity contribution < 1.29 is 19.4 Å². The third-order valence-corrected chi connectivity index (χ3v) is 3.68. The van der Waals surface area contributed by atoms with Crippen LogP contribution in [0.15, 0.2) is 0 Å². The molecule has 0 bridgehead atoms. The molecule has 2 N–H and O–H groups in total. The zero-order valence-electron chi connectivity index (χ0n) is 11.4. The van der Waals surface area contributed by atoms with Gasteiger partial charge in [-0.05, 0) is 40.0 Å². The van der Waals surface area contributed by atoms with Crippen LogP contribution in [-0.2, 0) is 9.47 Å². The van der Waals surface area contributed by atoms with Crippen molar-refractivity contribution in [3.8, 4) is 0 Å². The molecule has 2 rings (SSSR count). The molecule has 2 aliphatic rings. The van der Waals surface area contributed by atoms with Crippen LogP contribution in [0.5, 0.6) is 0 Å². The van der Waals surface area contributed by atoms with Crippen LogP contribution in [0.2, 0.25) is 0 Å². The summed E-state index contributed by atoms with van der Waals surface area (Å²) in [6, 6.07) is 0. The average molecular weight is 257 g/mol. The second-order valence-electron chi connectivity index (χ2n) is 6.72. The third kappa shape index (κ3) is 2.78. The Bertz CT molecular complexity index is 320. The molecule has 1 heterocycles. The van der Waals surface area contributed by atoms with Gasteiger partial charge in [-0.2, -0.15) is 0 Å². The lowest BCUT2D eigenvalue weighted by Gasteiger charge is -2.53. The number of aliphatic hydroxyl groups is 1. The number of ether oxygens (including phenoxy) is 2. The minimum absolute atomic E-state index is 0.0476. The molecule has 1 aliphatic carbocycles. The molecule has 0 radical (unpaired) electrons. The summed E-state index contributed by atoms with van der Waals surface area (Å²) in [7, 11) is 0. The van der Waals surface area contributed by atoms with Gasteiger partial charge in [0.25, 0.3) is 0 Å². The van der Waals surface area contributed by atoms with E-state index in [9.17, 15) is 9.90 Å². The Morgan fingerprint density at radius 1 is 1.44 bits per heavy atom. The van der Waals surface area contributed by atoms with Gasteiger partial charge in [0.2, 0.25) is 0 Å². The molecule has 0 atom stereocenters. The first-order valence-electron chi connectivity index (χ1n) is 6.48. The molecule has 18 heavy (non-hydrogen) atoms. The van der Waals surface area contributed by atoms with E-state index in [-0.39, 0.29) is 12.0 Å². The molecule has 0 aromatic rings. The maximum atomic E-state index is 11.8. The minimum atomic E-state index is -0.518. The van der Waals surface area contributed by atoms with Gasteiger partial charge in [-0.1, -0.05) is 0 Å². The quantitative estimate of drug-likeness (QED) is 0.785. The van der Waals surface area contributed by atoms with E-state index in [0.717, 1.165) is 32.5 Å². The molecular formula is C13H23NO4. The minimum Gasteiger partial charge on any atom is -0.444 e. The maximum Gasteiger partial charge on any atom is 0.408 e. The summed E-state index contributed by atoms with van der Waals surface area (Å²) in [5.41, 5.74) is -0.869. The van der Waals surface area contributed by atoms with E-state index in [0.29, 0.717) is 0 Å². The van der Waals surface area contributed by atoms with Gasteiger partial charge in [0.1, 0.15) is 5.60 Å². The van der Waals surface area contributed by atoms with Crippen LogP contribution < -0.4 is 5.32 Å². The number of carbonyl (C=O) groups is 1. The van der Waals surface area contributed by atoms with Gasteiger partial charge in [-0.25, -0.2) is 4.79 Å². The fourth-order valence-corrected chi connectivity index (χ4v) is 3.07. The fourth-order valence-electron chi connectivity index (χ4n) is 3.07. The van der Waals surface area contributed by atoms with Gasteiger partial charge < -0.3 is 19.9 Å². The molecule has 1 aliphatic heterocycles. The second-order valence-corrected chi connectivity index (χ2v) is 6.72. The van der Waals surface area contributed by atoms with Crippen molar-refractivity contribution >= 4 is 6.09 Å². The molecule has 0 aromatic carbocycles. The van der Waals surface area contributed by atoms with Crippen LogP contribution in [0, 0.1) is 5.41 Å². The Kier molecular flexibility index (Phi) is 3.32. The van der Waals surface area contributed by atoms with Crippen molar-refractivity contribution in [2.45, 2.75) is 51.2 Å². The van der Waals surface area contributed by atoms with E-state index in [1.807, 2.05) is 20.8 Å².